The maximum Gasteiger partial charge on any atom is 0.178 e. The van der Waals surface area contributed by atoms with E-state index in [1.54, 1.807) is 11.9 Å². The van der Waals surface area contributed by atoms with Crippen LogP contribution in [0.4, 0.5) is 0 Å². The van der Waals surface area contributed by atoms with E-state index in [0.717, 1.165) is 23.4 Å². The highest BCUT2D eigenvalue weighted by Crippen LogP contribution is 2.39. The van der Waals surface area contributed by atoms with Gasteiger partial charge in [0.15, 0.2) is 5.78 Å². The van der Waals surface area contributed by atoms with Crippen molar-refractivity contribution < 1.29 is 4.79 Å². The second-order valence-corrected chi connectivity index (χ2v) is 8.29. The highest BCUT2D eigenvalue weighted by Gasteiger charge is 2.30. The molecule has 0 amide bonds. The van der Waals surface area contributed by atoms with Gasteiger partial charge in [0.1, 0.15) is 0 Å². The maximum atomic E-state index is 12.7. The highest BCUT2D eigenvalue weighted by atomic mass is 32.2. The molecule has 3 nitrogen and oxygen atoms in total. The maximum absolute atomic E-state index is 12.7. The fourth-order valence-electron chi connectivity index (χ4n) is 3.98. The van der Waals surface area contributed by atoms with Crippen LogP contribution in [0.1, 0.15) is 47.6 Å². The number of Topliss-reactive ketones (excluding diaryl/α,β-unsaturated/α-hetero) is 1. The van der Waals surface area contributed by atoms with Crippen LogP contribution >= 0.6 is 11.9 Å². The van der Waals surface area contributed by atoms with Gasteiger partial charge in [-0.05, 0) is 62.5 Å². The van der Waals surface area contributed by atoms with Gasteiger partial charge in [0, 0.05) is 16.5 Å². The number of carbonyl (C=O) groups excluding carboxylic acids is 1. The van der Waals surface area contributed by atoms with Crippen molar-refractivity contribution in [2.24, 2.45) is 0 Å². The third-order valence-corrected chi connectivity index (χ3v) is 6.57. The molecule has 2 aromatic rings. The smallest absolute Gasteiger partial charge is 0.178 e. The van der Waals surface area contributed by atoms with Gasteiger partial charge in [-0.25, -0.2) is 4.31 Å². The van der Waals surface area contributed by atoms with Crippen molar-refractivity contribution in [3.05, 3.63) is 65.7 Å². The van der Waals surface area contributed by atoms with E-state index in [0.29, 0.717) is 6.54 Å². The third-order valence-electron chi connectivity index (χ3n) is 5.40. The van der Waals surface area contributed by atoms with E-state index in [4.69, 9.17) is 0 Å². The molecule has 26 heavy (non-hydrogen) atoms. The van der Waals surface area contributed by atoms with Crippen LogP contribution in [-0.2, 0) is 0 Å². The molecule has 4 heteroatoms. The predicted molar refractivity (Wildman–Crippen MR) is 107 cm³/mol. The number of rotatable bonds is 5. The SMILES string of the molecule is O=C1CN(C(CCN2CCCCC2)c2ccccc2)Sc2ccccc21. The summed E-state index contributed by atoms with van der Waals surface area (Å²) in [5, 5.41) is 0. The van der Waals surface area contributed by atoms with Crippen LogP contribution in [0.3, 0.4) is 0 Å². The molecular weight excluding hydrogens is 340 g/mol. The summed E-state index contributed by atoms with van der Waals surface area (Å²) in [6.45, 7) is 4.03. The van der Waals surface area contributed by atoms with Gasteiger partial charge in [-0.2, -0.15) is 0 Å². The van der Waals surface area contributed by atoms with E-state index in [-0.39, 0.29) is 11.8 Å². The number of hydrogen-bond donors (Lipinski definition) is 0. The molecular formula is C22H26N2OS. The van der Waals surface area contributed by atoms with Crippen molar-refractivity contribution in [3.63, 3.8) is 0 Å². The number of nitrogens with zero attached hydrogens (tertiary/aromatic N) is 2. The molecule has 1 saturated heterocycles. The molecule has 2 aliphatic heterocycles. The van der Waals surface area contributed by atoms with E-state index >= 15 is 0 Å². The van der Waals surface area contributed by atoms with Crippen LogP contribution in [-0.4, -0.2) is 41.2 Å². The zero-order valence-corrected chi connectivity index (χ0v) is 16.0. The van der Waals surface area contributed by atoms with Crippen molar-refractivity contribution in [2.75, 3.05) is 26.2 Å². The summed E-state index contributed by atoms with van der Waals surface area (Å²) in [5.41, 5.74) is 2.18. The third kappa shape index (κ3) is 4.03. The largest absolute Gasteiger partial charge is 0.303 e. The summed E-state index contributed by atoms with van der Waals surface area (Å²) < 4.78 is 2.30. The van der Waals surface area contributed by atoms with Gasteiger partial charge in [0.05, 0.1) is 6.54 Å². The minimum absolute atomic E-state index is 0.234. The van der Waals surface area contributed by atoms with Crippen molar-refractivity contribution in [3.8, 4) is 0 Å². The summed E-state index contributed by atoms with van der Waals surface area (Å²) >= 11 is 1.74. The van der Waals surface area contributed by atoms with E-state index in [9.17, 15) is 4.79 Å². The van der Waals surface area contributed by atoms with Crippen LogP contribution in [0, 0.1) is 0 Å². The fraction of sp³-hybridized carbons (Fsp3) is 0.409. The summed E-state index contributed by atoms with van der Waals surface area (Å²) in [5.74, 6) is 0.234. The first-order valence-electron chi connectivity index (χ1n) is 9.65. The first-order chi connectivity index (χ1) is 12.8. The molecule has 136 valence electrons. The summed E-state index contributed by atoms with van der Waals surface area (Å²) in [4.78, 5) is 16.3. The van der Waals surface area contributed by atoms with E-state index in [2.05, 4.69) is 45.6 Å². The Morgan fingerprint density at radius 1 is 0.923 bits per heavy atom. The molecule has 1 unspecified atom stereocenters. The van der Waals surface area contributed by atoms with Crippen LogP contribution in [0.15, 0.2) is 59.5 Å². The molecule has 4 rings (SSSR count). The van der Waals surface area contributed by atoms with E-state index in [1.165, 1.54) is 37.9 Å². The molecule has 0 radical (unpaired) electrons. The molecule has 2 aromatic carbocycles. The first kappa shape index (κ1) is 17.8. The Balaban J connectivity index is 1.54. The Kier molecular flexibility index (Phi) is 5.73. The number of benzene rings is 2. The van der Waals surface area contributed by atoms with Crippen molar-refractivity contribution in [1.29, 1.82) is 0 Å². The minimum Gasteiger partial charge on any atom is -0.303 e. The molecule has 0 spiro atoms. The second kappa shape index (κ2) is 8.38. The van der Waals surface area contributed by atoms with Gasteiger partial charge < -0.3 is 4.90 Å². The van der Waals surface area contributed by atoms with Crippen LogP contribution < -0.4 is 0 Å². The Labute approximate surface area is 160 Å². The molecule has 0 aliphatic carbocycles. The number of piperidine rings is 1. The standard InChI is InChI=1S/C22H26N2OS/c25-21-17-24(26-22-12-6-5-11-19(21)22)20(18-9-3-1-4-10-18)13-16-23-14-7-2-8-15-23/h1,3-6,9-12,20H,2,7-8,13-17H2. The van der Waals surface area contributed by atoms with Gasteiger partial charge in [-0.15, -0.1) is 0 Å². The minimum atomic E-state index is 0.234. The molecule has 2 aliphatic rings. The lowest BCUT2D eigenvalue weighted by atomic mass is 10.0. The lowest BCUT2D eigenvalue weighted by Crippen LogP contribution is -2.36. The van der Waals surface area contributed by atoms with Gasteiger partial charge in [-0.1, -0.05) is 55.0 Å². The van der Waals surface area contributed by atoms with Crippen molar-refractivity contribution in [2.45, 2.75) is 36.6 Å². The zero-order chi connectivity index (χ0) is 17.8. The molecule has 1 atom stereocenters. The van der Waals surface area contributed by atoms with Crippen LogP contribution in [0.5, 0.6) is 0 Å². The average Bonchev–Trinajstić information content (AvgIpc) is 2.70. The lowest BCUT2D eigenvalue weighted by molar-refractivity contribution is 0.0943. The Morgan fingerprint density at radius 3 is 2.46 bits per heavy atom. The number of likely N-dealkylation sites (tertiary alicyclic amines) is 1. The Morgan fingerprint density at radius 2 is 1.65 bits per heavy atom. The molecule has 0 bridgehead atoms. The predicted octanol–water partition coefficient (Wildman–Crippen LogP) is 4.81. The monoisotopic (exact) mass is 366 g/mol. The highest BCUT2D eigenvalue weighted by molar-refractivity contribution is 7.97. The molecule has 2 heterocycles. The normalized spacial score (nSPS) is 19.9. The molecule has 0 aromatic heterocycles. The molecule has 0 N–H and O–H groups in total. The van der Waals surface area contributed by atoms with E-state index in [1.807, 2.05) is 18.2 Å². The first-order valence-corrected chi connectivity index (χ1v) is 10.4. The fourth-order valence-corrected chi connectivity index (χ4v) is 5.18. The number of hydrogen-bond acceptors (Lipinski definition) is 4. The Hall–Kier alpha value is -1.62. The van der Waals surface area contributed by atoms with Gasteiger partial charge in [0.25, 0.3) is 0 Å². The van der Waals surface area contributed by atoms with Crippen molar-refractivity contribution >= 4 is 17.7 Å². The van der Waals surface area contributed by atoms with Gasteiger partial charge >= 0.3 is 0 Å². The summed E-state index contributed by atoms with van der Waals surface area (Å²) in [6, 6.07) is 18.9. The molecule has 1 fully saturated rings. The number of ketones is 1. The van der Waals surface area contributed by atoms with Gasteiger partial charge in [0.2, 0.25) is 0 Å². The molecule has 0 saturated carbocycles. The van der Waals surface area contributed by atoms with Gasteiger partial charge in [-0.3, -0.25) is 4.79 Å². The topological polar surface area (TPSA) is 23.6 Å². The van der Waals surface area contributed by atoms with Crippen molar-refractivity contribution in [1.82, 2.24) is 9.21 Å². The quantitative estimate of drug-likeness (QED) is 0.709. The Bertz CT molecular complexity index is 743. The average molecular weight is 367 g/mol. The summed E-state index contributed by atoms with van der Waals surface area (Å²) in [6.07, 6.45) is 5.07. The van der Waals surface area contributed by atoms with Crippen LogP contribution in [0.2, 0.25) is 0 Å². The van der Waals surface area contributed by atoms with E-state index < -0.39 is 0 Å². The summed E-state index contributed by atoms with van der Waals surface area (Å²) in [7, 11) is 0. The van der Waals surface area contributed by atoms with Crippen LogP contribution in [0.25, 0.3) is 0 Å². The second-order valence-electron chi connectivity index (χ2n) is 7.20. The lowest BCUT2D eigenvalue weighted by Gasteiger charge is -2.35. The number of fused-ring (bicyclic) bond motifs is 1. The number of carbonyl (C=O) groups is 1. The zero-order valence-electron chi connectivity index (χ0n) is 15.1.